The van der Waals surface area contributed by atoms with Gasteiger partial charge in [0.2, 0.25) is 5.91 Å². The van der Waals surface area contributed by atoms with Crippen LogP contribution in [0, 0.1) is 5.92 Å². The summed E-state index contributed by atoms with van der Waals surface area (Å²) in [5.41, 5.74) is 4.53. The van der Waals surface area contributed by atoms with E-state index in [2.05, 4.69) is 32.2 Å². The van der Waals surface area contributed by atoms with Crippen molar-refractivity contribution in [2.24, 2.45) is 5.92 Å². The van der Waals surface area contributed by atoms with E-state index in [9.17, 15) is 19.5 Å². The Morgan fingerprint density at radius 3 is 2.41 bits per heavy atom. The van der Waals surface area contributed by atoms with Crippen molar-refractivity contribution in [3.63, 3.8) is 0 Å². The van der Waals surface area contributed by atoms with E-state index in [4.69, 9.17) is 0 Å². The molecule has 0 bridgehead atoms. The molecule has 0 spiro atoms. The molecule has 1 aliphatic heterocycles. The topological polar surface area (TPSA) is 106 Å². The molecule has 10 heteroatoms. The Hall–Kier alpha value is -4.70. The molecule has 4 aromatic rings. The zero-order valence-corrected chi connectivity index (χ0v) is 25.2. The van der Waals surface area contributed by atoms with Crippen molar-refractivity contribution in [1.29, 1.82) is 0 Å². The molecule has 2 aliphatic rings. The maximum absolute atomic E-state index is 13.2. The second-order valence-corrected chi connectivity index (χ2v) is 12.2. The van der Waals surface area contributed by atoms with Crippen LogP contribution in [0.25, 0.3) is 11.1 Å². The van der Waals surface area contributed by atoms with Gasteiger partial charge in [0.05, 0.1) is 22.7 Å². The quantitative estimate of drug-likeness (QED) is 0.228. The number of hydrogen-bond donors (Lipinski definition) is 2. The molecule has 0 atom stereocenters. The summed E-state index contributed by atoms with van der Waals surface area (Å²) in [6.07, 6.45) is 3.47. The van der Waals surface area contributed by atoms with Crippen LogP contribution < -0.4 is 15.1 Å². The molecule has 0 unspecified atom stereocenters. The first kappa shape index (κ1) is 29.4. The summed E-state index contributed by atoms with van der Waals surface area (Å²) in [6, 6.07) is 23.8. The highest BCUT2D eigenvalue weighted by Crippen LogP contribution is 2.35. The molecule has 1 aliphatic carbocycles. The first-order valence-electron chi connectivity index (χ1n) is 14.9. The Balaban J connectivity index is 1.24. The van der Waals surface area contributed by atoms with Gasteiger partial charge in [0.25, 0.3) is 5.91 Å². The average molecular weight is 610 g/mol. The molecule has 2 aromatic carbocycles. The highest BCUT2D eigenvalue weighted by Gasteiger charge is 2.33. The maximum Gasteiger partial charge on any atom is 0.305 e. The normalized spacial score (nSPS) is 14.7. The Labute approximate surface area is 260 Å². The van der Waals surface area contributed by atoms with Crippen molar-refractivity contribution in [2.75, 3.05) is 47.8 Å². The number of carbonyl (C=O) groups is 3. The fourth-order valence-corrected chi connectivity index (χ4v) is 6.18. The fourth-order valence-electron chi connectivity index (χ4n) is 5.56. The van der Waals surface area contributed by atoms with Crippen molar-refractivity contribution in [3.05, 3.63) is 94.8 Å². The predicted octanol–water partition coefficient (Wildman–Crippen LogP) is 5.60. The summed E-state index contributed by atoms with van der Waals surface area (Å²) in [5.74, 6) is -0.0498. The molecule has 44 heavy (non-hydrogen) atoms. The second kappa shape index (κ2) is 13.3. The average Bonchev–Trinajstić information content (AvgIpc) is 3.76. The van der Waals surface area contributed by atoms with Crippen molar-refractivity contribution >= 4 is 46.3 Å². The van der Waals surface area contributed by atoms with Gasteiger partial charge in [0.15, 0.2) is 0 Å². The van der Waals surface area contributed by atoms with Gasteiger partial charge in [-0.05, 0) is 71.3 Å². The monoisotopic (exact) mass is 609 g/mol. The van der Waals surface area contributed by atoms with Gasteiger partial charge >= 0.3 is 5.97 Å². The molecule has 2 amide bonds. The van der Waals surface area contributed by atoms with E-state index >= 15 is 0 Å². The number of nitrogens with one attached hydrogen (secondary N) is 1. The first-order chi connectivity index (χ1) is 21.4. The second-order valence-electron chi connectivity index (χ2n) is 11.2. The van der Waals surface area contributed by atoms with Crippen LogP contribution in [-0.2, 0) is 16.1 Å². The van der Waals surface area contributed by atoms with Gasteiger partial charge < -0.3 is 25.1 Å². The number of aliphatic carboxylic acids is 1. The number of carbonyl (C=O) groups excluding carboxylic acids is 2. The number of carboxylic acid groups (broad SMARTS) is 1. The lowest BCUT2D eigenvalue weighted by atomic mass is 10.0. The number of pyridine rings is 1. The molecule has 6 rings (SSSR count). The van der Waals surface area contributed by atoms with Gasteiger partial charge in [-0.2, -0.15) is 0 Å². The van der Waals surface area contributed by atoms with Gasteiger partial charge in [-0.15, -0.1) is 11.3 Å². The molecule has 1 saturated carbocycles. The molecule has 226 valence electrons. The standard InChI is InChI=1S/C34H35N5O4S/c40-32(41)13-15-39(34(43)25-9-10-25)23-24-5-3-6-26(21-24)27-11-12-29(28(22-27)36-33(42)30-7-4-20-44-30)37-16-18-38(19-17-37)31-8-1-2-14-35-31/h1-8,11-12,14,20-22,25H,9-10,13,15-19,23H2,(H,36,42)(H,40,41). The van der Waals surface area contributed by atoms with E-state index in [1.165, 1.54) is 11.3 Å². The van der Waals surface area contributed by atoms with Gasteiger partial charge in [0, 0.05) is 51.4 Å². The zero-order valence-electron chi connectivity index (χ0n) is 24.4. The number of piperazine rings is 1. The molecule has 2 aromatic heterocycles. The molecule has 3 heterocycles. The number of hydrogen-bond acceptors (Lipinski definition) is 7. The van der Waals surface area contributed by atoms with Crippen molar-refractivity contribution in [1.82, 2.24) is 9.88 Å². The van der Waals surface area contributed by atoms with Crippen LogP contribution in [0.3, 0.4) is 0 Å². The number of thiophene rings is 1. The van der Waals surface area contributed by atoms with Crippen LogP contribution in [0.1, 0.15) is 34.5 Å². The Kier molecular flexibility index (Phi) is 8.88. The highest BCUT2D eigenvalue weighted by molar-refractivity contribution is 7.12. The summed E-state index contributed by atoms with van der Waals surface area (Å²) in [7, 11) is 0. The van der Waals surface area contributed by atoms with Crippen molar-refractivity contribution < 1.29 is 19.5 Å². The Morgan fingerprint density at radius 2 is 1.70 bits per heavy atom. The minimum absolute atomic E-state index is 0.0138. The number of carboxylic acids is 1. The van der Waals surface area contributed by atoms with Crippen LogP contribution in [0.15, 0.2) is 84.4 Å². The molecular formula is C34H35N5O4S. The van der Waals surface area contributed by atoms with Crippen LogP contribution in [0.4, 0.5) is 17.2 Å². The van der Waals surface area contributed by atoms with E-state index in [0.717, 1.165) is 72.9 Å². The SMILES string of the molecule is O=C(O)CCN(Cc1cccc(-c2ccc(N3CCN(c4ccccn4)CC3)c(NC(=O)c3cccs3)c2)c1)C(=O)C1CC1. The van der Waals surface area contributed by atoms with E-state index in [1.54, 1.807) is 4.90 Å². The van der Waals surface area contributed by atoms with E-state index in [-0.39, 0.29) is 30.7 Å². The number of rotatable bonds is 11. The van der Waals surface area contributed by atoms with Crippen LogP contribution in [0.2, 0.25) is 0 Å². The maximum atomic E-state index is 13.2. The molecule has 0 radical (unpaired) electrons. The number of anilines is 3. The fraction of sp³-hybridized carbons (Fsp3) is 0.294. The van der Waals surface area contributed by atoms with Crippen LogP contribution in [0.5, 0.6) is 0 Å². The number of nitrogens with zero attached hydrogens (tertiary/aromatic N) is 4. The lowest BCUT2D eigenvalue weighted by Gasteiger charge is -2.37. The third-order valence-electron chi connectivity index (χ3n) is 8.05. The smallest absolute Gasteiger partial charge is 0.305 e. The molecule has 1 saturated heterocycles. The number of amides is 2. The van der Waals surface area contributed by atoms with Gasteiger partial charge in [-0.3, -0.25) is 14.4 Å². The molecular weight excluding hydrogens is 574 g/mol. The summed E-state index contributed by atoms with van der Waals surface area (Å²) in [6.45, 7) is 3.75. The lowest BCUT2D eigenvalue weighted by molar-refractivity contribution is -0.139. The largest absolute Gasteiger partial charge is 0.481 e. The number of benzene rings is 2. The van der Waals surface area contributed by atoms with Crippen LogP contribution >= 0.6 is 11.3 Å². The minimum atomic E-state index is -0.914. The van der Waals surface area contributed by atoms with Gasteiger partial charge in [-0.1, -0.05) is 36.4 Å². The van der Waals surface area contributed by atoms with Gasteiger partial charge in [-0.25, -0.2) is 4.98 Å². The van der Waals surface area contributed by atoms with Crippen molar-refractivity contribution in [3.8, 4) is 11.1 Å². The molecule has 2 N–H and O–H groups in total. The van der Waals surface area contributed by atoms with E-state index in [1.807, 2.05) is 72.2 Å². The minimum Gasteiger partial charge on any atom is -0.481 e. The first-order valence-corrected chi connectivity index (χ1v) is 15.8. The van der Waals surface area contributed by atoms with E-state index in [0.29, 0.717) is 11.4 Å². The predicted molar refractivity (Wildman–Crippen MR) is 173 cm³/mol. The number of aromatic nitrogens is 1. The van der Waals surface area contributed by atoms with Crippen molar-refractivity contribution in [2.45, 2.75) is 25.8 Å². The van der Waals surface area contributed by atoms with Crippen LogP contribution in [-0.4, -0.2) is 65.5 Å². The summed E-state index contributed by atoms with van der Waals surface area (Å²) in [4.78, 5) is 48.7. The summed E-state index contributed by atoms with van der Waals surface area (Å²) >= 11 is 1.40. The lowest BCUT2D eigenvalue weighted by Crippen LogP contribution is -2.47. The zero-order chi connectivity index (χ0) is 30.5. The Bertz CT molecular complexity index is 1620. The molecule has 9 nitrogen and oxygen atoms in total. The third-order valence-corrected chi connectivity index (χ3v) is 8.92. The third kappa shape index (κ3) is 7.08. The highest BCUT2D eigenvalue weighted by atomic mass is 32.1. The van der Waals surface area contributed by atoms with Gasteiger partial charge in [0.1, 0.15) is 5.82 Å². The van der Waals surface area contributed by atoms with E-state index < -0.39 is 5.97 Å². The Morgan fingerprint density at radius 1 is 0.909 bits per heavy atom. The molecule has 2 fully saturated rings. The summed E-state index contributed by atoms with van der Waals surface area (Å²) < 4.78 is 0. The summed E-state index contributed by atoms with van der Waals surface area (Å²) in [5, 5.41) is 14.3.